The number of hydrogen-bond donors (Lipinski definition) is 3. The van der Waals surface area contributed by atoms with Gasteiger partial charge in [0.2, 0.25) is 15.9 Å². The third-order valence-corrected chi connectivity index (χ3v) is 6.46. The van der Waals surface area contributed by atoms with Crippen LogP contribution in [0.5, 0.6) is 0 Å². The molecule has 0 bridgehead atoms. The molecule has 10 heteroatoms. The van der Waals surface area contributed by atoms with E-state index in [-0.39, 0.29) is 23.6 Å². The van der Waals surface area contributed by atoms with E-state index < -0.39 is 34.0 Å². The van der Waals surface area contributed by atoms with Crippen LogP contribution in [0.15, 0.2) is 29.2 Å². The molecule has 3 N–H and O–H groups in total. The van der Waals surface area contributed by atoms with E-state index >= 15 is 0 Å². The van der Waals surface area contributed by atoms with Gasteiger partial charge in [-0.05, 0) is 51.3 Å². The summed E-state index contributed by atoms with van der Waals surface area (Å²) in [6, 6.07) is 4.16. The molecule has 31 heavy (non-hydrogen) atoms. The number of sulfonamides is 1. The molecule has 0 spiro atoms. The Hall–Kier alpha value is -2.30. The van der Waals surface area contributed by atoms with E-state index in [9.17, 15) is 22.8 Å². The molecule has 0 aliphatic carbocycles. The number of benzene rings is 1. The van der Waals surface area contributed by atoms with Gasteiger partial charge in [-0.2, -0.15) is 4.72 Å². The Morgan fingerprint density at radius 3 is 2.55 bits per heavy atom. The first-order valence-electron chi connectivity index (χ1n) is 10.6. The summed E-state index contributed by atoms with van der Waals surface area (Å²) in [5.74, 6) is -2.06. The molecular weight excluding hydrogens is 422 g/mol. The lowest BCUT2D eigenvalue weighted by Crippen LogP contribution is -2.45. The SMILES string of the molecule is CCCCNC(=O)CC[C@H](NS(=O)(=O)c1ccc(C)cc1)C(=O)OC(=O)[C@@H]1CCCN1. The van der Waals surface area contributed by atoms with Crippen molar-refractivity contribution < 1.29 is 27.5 Å². The number of unbranched alkanes of at least 4 members (excludes halogenated alkanes) is 1. The average molecular weight is 454 g/mol. The standard InChI is InChI=1S/C21H31N3O6S/c1-3-4-13-23-19(25)12-11-18(21(27)30-20(26)17-6-5-14-22-17)24-31(28,29)16-9-7-15(2)8-10-16/h7-10,17-18,22,24H,3-6,11-14H2,1-2H3,(H,23,25)/t17-,18-/m0/s1. The van der Waals surface area contributed by atoms with Gasteiger partial charge in [0.25, 0.3) is 0 Å². The highest BCUT2D eigenvalue weighted by molar-refractivity contribution is 7.89. The predicted molar refractivity (Wildman–Crippen MR) is 115 cm³/mol. The number of carbonyl (C=O) groups is 3. The minimum absolute atomic E-state index is 0.0212. The van der Waals surface area contributed by atoms with Gasteiger partial charge < -0.3 is 15.4 Å². The molecule has 0 aromatic heterocycles. The summed E-state index contributed by atoms with van der Waals surface area (Å²) in [7, 11) is -4.05. The van der Waals surface area contributed by atoms with Crippen LogP contribution in [-0.4, -0.2) is 51.4 Å². The van der Waals surface area contributed by atoms with E-state index in [0.29, 0.717) is 19.5 Å². The summed E-state index contributed by atoms with van der Waals surface area (Å²) in [6.45, 7) is 4.97. The van der Waals surface area contributed by atoms with Crippen molar-refractivity contribution in [3.05, 3.63) is 29.8 Å². The van der Waals surface area contributed by atoms with Gasteiger partial charge in [0.15, 0.2) is 0 Å². The first kappa shape index (κ1) is 25.0. The van der Waals surface area contributed by atoms with Crippen LogP contribution in [0.4, 0.5) is 0 Å². The van der Waals surface area contributed by atoms with Gasteiger partial charge >= 0.3 is 11.9 Å². The maximum absolute atomic E-state index is 12.7. The van der Waals surface area contributed by atoms with Crippen LogP contribution in [0.1, 0.15) is 51.0 Å². The molecule has 2 atom stereocenters. The van der Waals surface area contributed by atoms with Crippen molar-refractivity contribution in [1.29, 1.82) is 0 Å². The first-order valence-corrected chi connectivity index (χ1v) is 12.1. The van der Waals surface area contributed by atoms with Crippen LogP contribution in [-0.2, 0) is 29.1 Å². The number of nitrogens with one attached hydrogen (secondary N) is 3. The van der Waals surface area contributed by atoms with E-state index in [1.165, 1.54) is 12.1 Å². The molecule has 1 aliphatic heterocycles. The van der Waals surface area contributed by atoms with Gasteiger partial charge in [0, 0.05) is 13.0 Å². The Balaban J connectivity index is 2.08. The van der Waals surface area contributed by atoms with Crippen molar-refractivity contribution in [3.8, 4) is 0 Å². The molecule has 0 radical (unpaired) electrons. The molecule has 1 fully saturated rings. The summed E-state index contributed by atoms with van der Waals surface area (Å²) in [4.78, 5) is 36.8. The number of rotatable bonds is 11. The van der Waals surface area contributed by atoms with Crippen LogP contribution in [0.3, 0.4) is 0 Å². The number of hydrogen-bond acceptors (Lipinski definition) is 7. The second-order valence-corrected chi connectivity index (χ2v) is 9.33. The number of aryl methyl sites for hydroxylation is 1. The van der Waals surface area contributed by atoms with Gasteiger partial charge in [0.1, 0.15) is 12.1 Å². The van der Waals surface area contributed by atoms with Crippen molar-refractivity contribution >= 4 is 27.9 Å². The Bertz CT molecular complexity index is 864. The lowest BCUT2D eigenvalue weighted by Gasteiger charge is -2.18. The van der Waals surface area contributed by atoms with Crippen molar-refractivity contribution in [2.24, 2.45) is 0 Å². The zero-order valence-corrected chi connectivity index (χ0v) is 18.8. The van der Waals surface area contributed by atoms with Crippen LogP contribution < -0.4 is 15.4 Å². The topological polar surface area (TPSA) is 131 Å². The number of esters is 2. The molecule has 1 aromatic rings. The Morgan fingerprint density at radius 2 is 1.94 bits per heavy atom. The Kier molecular flexibility index (Phi) is 9.60. The lowest BCUT2D eigenvalue weighted by molar-refractivity contribution is -0.162. The second-order valence-electron chi connectivity index (χ2n) is 7.62. The van der Waals surface area contributed by atoms with Gasteiger partial charge in [0.05, 0.1) is 4.90 Å². The minimum Gasteiger partial charge on any atom is -0.391 e. The number of ether oxygens (including phenoxy) is 1. The third kappa shape index (κ3) is 8.04. The van der Waals surface area contributed by atoms with Crippen LogP contribution in [0.25, 0.3) is 0 Å². The molecule has 172 valence electrons. The monoisotopic (exact) mass is 453 g/mol. The first-order chi connectivity index (χ1) is 14.7. The molecular formula is C21H31N3O6S. The van der Waals surface area contributed by atoms with E-state index in [1.54, 1.807) is 12.1 Å². The fourth-order valence-electron chi connectivity index (χ4n) is 3.09. The Labute approximate surface area is 183 Å². The van der Waals surface area contributed by atoms with Crippen LogP contribution in [0.2, 0.25) is 0 Å². The summed E-state index contributed by atoms with van der Waals surface area (Å²) in [5.41, 5.74) is 0.883. The Morgan fingerprint density at radius 1 is 1.23 bits per heavy atom. The van der Waals surface area contributed by atoms with Crippen molar-refractivity contribution in [3.63, 3.8) is 0 Å². The minimum atomic E-state index is -4.05. The lowest BCUT2D eigenvalue weighted by atomic mass is 10.1. The molecule has 1 aromatic carbocycles. The van der Waals surface area contributed by atoms with E-state index in [4.69, 9.17) is 4.74 Å². The van der Waals surface area contributed by atoms with Gasteiger partial charge in [-0.1, -0.05) is 31.0 Å². The molecule has 0 saturated carbocycles. The van der Waals surface area contributed by atoms with E-state index in [2.05, 4.69) is 15.4 Å². The zero-order valence-electron chi connectivity index (χ0n) is 18.0. The van der Waals surface area contributed by atoms with E-state index in [1.807, 2.05) is 13.8 Å². The quantitative estimate of drug-likeness (QED) is 0.260. The smallest absolute Gasteiger partial charge is 0.331 e. The summed E-state index contributed by atoms with van der Waals surface area (Å²) in [6.07, 6.45) is 2.85. The molecule has 9 nitrogen and oxygen atoms in total. The third-order valence-electron chi connectivity index (χ3n) is 4.97. The fraction of sp³-hybridized carbons (Fsp3) is 0.571. The summed E-state index contributed by atoms with van der Waals surface area (Å²) in [5, 5.41) is 5.65. The fourth-order valence-corrected chi connectivity index (χ4v) is 4.31. The van der Waals surface area contributed by atoms with Crippen molar-refractivity contribution in [2.75, 3.05) is 13.1 Å². The van der Waals surface area contributed by atoms with Gasteiger partial charge in [-0.3, -0.25) is 4.79 Å². The van der Waals surface area contributed by atoms with Crippen LogP contribution in [0, 0.1) is 6.92 Å². The molecule has 1 aliphatic rings. The highest BCUT2D eigenvalue weighted by atomic mass is 32.2. The van der Waals surface area contributed by atoms with Gasteiger partial charge in [-0.25, -0.2) is 18.0 Å². The maximum atomic E-state index is 12.7. The van der Waals surface area contributed by atoms with Crippen molar-refractivity contribution in [2.45, 2.75) is 69.4 Å². The zero-order chi connectivity index (χ0) is 22.9. The molecule has 1 heterocycles. The molecule has 0 unspecified atom stereocenters. The summed E-state index contributed by atoms with van der Waals surface area (Å²) < 4.78 is 32.7. The second kappa shape index (κ2) is 11.9. The molecule has 1 amide bonds. The maximum Gasteiger partial charge on any atom is 0.331 e. The highest BCUT2D eigenvalue weighted by Crippen LogP contribution is 2.14. The molecule has 2 rings (SSSR count). The number of amides is 1. The normalized spacial score (nSPS) is 17.2. The predicted octanol–water partition coefficient (Wildman–Crippen LogP) is 1.16. The number of carbonyl (C=O) groups excluding carboxylic acids is 3. The van der Waals surface area contributed by atoms with Crippen molar-refractivity contribution in [1.82, 2.24) is 15.4 Å². The van der Waals surface area contributed by atoms with Crippen LogP contribution >= 0.6 is 0 Å². The summed E-state index contributed by atoms with van der Waals surface area (Å²) >= 11 is 0. The van der Waals surface area contributed by atoms with Gasteiger partial charge in [-0.15, -0.1) is 0 Å². The largest absolute Gasteiger partial charge is 0.391 e. The van der Waals surface area contributed by atoms with E-state index in [0.717, 1.165) is 24.8 Å². The average Bonchev–Trinajstić information content (AvgIpc) is 3.26. The molecule has 1 saturated heterocycles. The highest BCUT2D eigenvalue weighted by Gasteiger charge is 2.32.